The fourth-order valence-electron chi connectivity index (χ4n) is 4.32. The molecule has 4 rings (SSSR count). The molecule has 1 aromatic carbocycles. The van der Waals surface area contributed by atoms with Gasteiger partial charge in [0.2, 0.25) is 0 Å². The van der Waals surface area contributed by atoms with Crippen LogP contribution >= 0.6 is 23.2 Å². The molecule has 0 saturated carbocycles. The molecule has 3 heterocycles. The molecule has 0 aliphatic carbocycles. The summed E-state index contributed by atoms with van der Waals surface area (Å²) in [5.41, 5.74) is 1.71. The third kappa shape index (κ3) is 5.69. The number of hydrogen-bond acceptors (Lipinski definition) is 5. The van der Waals surface area contributed by atoms with E-state index < -0.39 is 0 Å². The van der Waals surface area contributed by atoms with Crippen molar-refractivity contribution < 1.29 is 0 Å². The zero-order chi connectivity index (χ0) is 23.4. The highest BCUT2D eigenvalue weighted by molar-refractivity contribution is 6.39. The smallest absolute Gasteiger partial charge is 0.258 e. The second-order valence-electron chi connectivity index (χ2n) is 8.78. The van der Waals surface area contributed by atoms with Crippen molar-refractivity contribution in [2.75, 3.05) is 51.6 Å². The first-order valence-corrected chi connectivity index (χ1v) is 12.3. The van der Waals surface area contributed by atoms with Crippen molar-refractivity contribution in [3.8, 4) is 11.1 Å². The Morgan fingerprint density at radius 3 is 2.45 bits per heavy atom. The summed E-state index contributed by atoms with van der Waals surface area (Å²) in [6.45, 7) is 6.75. The minimum absolute atomic E-state index is 0.140. The summed E-state index contributed by atoms with van der Waals surface area (Å²) in [5, 5.41) is 5.18. The van der Waals surface area contributed by atoms with Crippen LogP contribution in [0.1, 0.15) is 19.3 Å². The van der Waals surface area contributed by atoms with Gasteiger partial charge >= 0.3 is 0 Å². The molecule has 33 heavy (non-hydrogen) atoms. The topological polar surface area (TPSA) is 53.4 Å². The molecule has 0 amide bonds. The van der Waals surface area contributed by atoms with Crippen LogP contribution in [0.3, 0.4) is 0 Å². The van der Waals surface area contributed by atoms with Crippen molar-refractivity contribution >= 4 is 39.9 Å². The second-order valence-corrected chi connectivity index (χ2v) is 9.59. The normalized spacial score (nSPS) is 15.3. The number of aromatic nitrogens is 2. The molecule has 3 aromatic rings. The molecule has 0 unspecified atom stereocenters. The predicted molar refractivity (Wildman–Crippen MR) is 139 cm³/mol. The van der Waals surface area contributed by atoms with E-state index in [4.69, 9.17) is 23.2 Å². The van der Waals surface area contributed by atoms with E-state index in [2.05, 4.69) is 27.1 Å². The molecule has 6 nitrogen and oxygen atoms in total. The number of pyridine rings is 2. The Balaban J connectivity index is 1.37. The fourth-order valence-corrected chi connectivity index (χ4v) is 4.92. The summed E-state index contributed by atoms with van der Waals surface area (Å²) in [6, 6.07) is 9.00. The van der Waals surface area contributed by atoms with Crippen molar-refractivity contribution in [2.45, 2.75) is 19.3 Å². The maximum Gasteiger partial charge on any atom is 0.258 e. The number of likely N-dealkylation sites (N-methyl/N-ethyl adjacent to an activating group) is 1. The third-order valence-corrected chi connectivity index (χ3v) is 7.02. The zero-order valence-corrected chi connectivity index (χ0v) is 20.8. The second kappa shape index (κ2) is 10.9. The zero-order valence-electron chi connectivity index (χ0n) is 19.3. The van der Waals surface area contributed by atoms with E-state index in [0.717, 1.165) is 29.7 Å². The summed E-state index contributed by atoms with van der Waals surface area (Å²) >= 11 is 12.7. The lowest BCUT2D eigenvalue weighted by molar-refractivity contribution is 0.152. The Morgan fingerprint density at radius 1 is 1.00 bits per heavy atom. The van der Waals surface area contributed by atoms with Gasteiger partial charge in [0.1, 0.15) is 5.82 Å². The molecule has 1 aliphatic rings. The van der Waals surface area contributed by atoms with Crippen LogP contribution in [0.5, 0.6) is 0 Å². The monoisotopic (exact) mass is 487 g/mol. The van der Waals surface area contributed by atoms with Gasteiger partial charge in [-0.15, -0.1) is 0 Å². The van der Waals surface area contributed by atoms with Crippen molar-refractivity contribution in [3.63, 3.8) is 0 Å². The first kappa shape index (κ1) is 24.0. The van der Waals surface area contributed by atoms with Crippen LogP contribution in [0.4, 0.5) is 5.82 Å². The average Bonchev–Trinajstić information content (AvgIpc) is 2.80. The number of piperazine rings is 1. The number of fused-ring (bicyclic) bond motifs is 1. The van der Waals surface area contributed by atoms with E-state index >= 15 is 0 Å². The SMILES string of the molecule is CN1CCN(CCCCCNc2cc3c(cn2)cc(-c2c(Cl)cccc2Cl)c(=O)n3C)CC1. The van der Waals surface area contributed by atoms with Gasteiger partial charge in [-0.2, -0.15) is 0 Å². The average molecular weight is 488 g/mol. The molecule has 0 radical (unpaired) electrons. The molecule has 8 heteroatoms. The number of nitrogens with zero attached hydrogens (tertiary/aromatic N) is 4. The van der Waals surface area contributed by atoms with Crippen LogP contribution in [0.25, 0.3) is 22.0 Å². The van der Waals surface area contributed by atoms with Gasteiger partial charge in [-0.05, 0) is 44.6 Å². The Labute approximate surface area is 205 Å². The van der Waals surface area contributed by atoms with Crippen molar-refractivity contribution in [3.05, 3.63) is 56.9 Å². The summed E-state index contributed by atoms with van der Waals surface area (Å²) < 4.78 is 1.63. The Bertz CT molecular complexity index is 1150. The largest absolute Gasteiger partial charge is 0.370 e. The summed E-state index contributed by atoms with van der Waals surface area (Å²) in [4.78, 5) is 22.6. The molecule has 1 fully saturated rings. The number of nitrogens with one attached hydrogen (secondary N) is 1. The van der Waals surface area contributed by atoms with Gasteiger partial charge in [0.05, 0.1) is 21.1 Å². The summed E-state index contributed by atoms with van der Waals surface area (Å²) in [6.07, 6.45) is 5.29. The van der Waals surface area contributed by atoms with Crippen LogP contribution in [0.2, 0.25) is 10.0 Å². The molecule has 0 spiro atoms. The lowest BCUT2D eigenvalue weighted by atomic mass is 10.1. The first-order valence-electron chi connectivity index (χ1n) is 11.5. The fraction of sp³-hybridized carbons (Fsp3) is 0.440. The Morgan fingerprint density at radius 2 is 1.73 bits per heavy atom. The van der Waals surface area contributed by atoms with Crippen LogP contribution in [-0.4, -0.2) is 65.7 Å². The molecular formula is C25H31Cl2N5O. The summed E-state index contributed by atoms with van der Waals surface area (Å²) in [5.74, 6) is 0.778. The number of unbranched alkanes of at least 4 members (excludes halogenated alkanes) is 2. The van der Waals surface area contributed by atoms with Crippen molar-refractivity contribution in [1.29, 1.82) is 0 Å². The number of benzene rings is 1. The van der Waals surface area contributed by atoms with Gasteiger partial charge in [-0.1, -0.05) is 35.7 Å². The molecule has 0 bridgehead atoms. The quantitative estimate of drug-likeness (QED) is 0.465. The van der Waals surface area contributed by atoms with Gasteiger partial charge < -0.3 is 19.7 Å². The van der Waals surface area contributed by atoms with Gasteiger partial charge in [-0.25, -0.2) is 4.98 Å². The van der Waals surface area contributed by atoms with Crippen LogP contribution in [-0.2, 0) is 7.05 Å². The molecule has 176 valence electrons. The van der Waals surface area contributed by atoms with E-state index in [0.29, 0.717) is 21.2 Å². The highest BCUT2D eigenvalue weighted by atomic mass is 35.5. The van der Waals surface area contributed by atoms with E-state index in [1.165, 1.54) is 45.6 Å². The number of rotatable bonds is 8. The van der Waals surface area contributed by atoms with E-state index in [-0.39, 0.29) is 5.56 Å². The van der Waals surface area contributed by atoms with Gasteiger partial charge in [-0.3, -0.25) is 4.79 Å². The van der Waals surface area contributed by atoms with Gasteiger partial charge in [0, 0.05) is 63.0 Å². The van der Waals surface area contributed by atoms with Gasteiger partial charge in [0.25, 0.3) is 5.56 Å². The van der Waals surface area contributed by atoms with Crippen LogP contribution in [0, 0.1) is 0 Å². The Hall–Kier alpha value is -2.12. The standard InChI is InChI=1S/C25H31Cl2N5O/c1-30-11-13-32(14-12-30)10-5-3-4-9-28-23-16-22-18(17-29-23)15-19(25(33)31(22)2)24-20(26)7-6-8-21(24)27/h6-8,15-17H,3-5,9-14H2,1-2H3,(H,28,29). The van der Waals surface area contributed by atoms with E-state index in [9.17, 15) is 4.79 Å². The maximum absolute atomic E-state index is 13.1. The highest BCUT2D eigenvalue weighted by Gasteiger charge is 2.16. The number of halogens is 2. The molecule has 1 N–H and O–H groups in total. The van der Waals surface area contributed by atoms with Crippen LogP contribution < -0.4 is 10.9 Å². The van der Waals surface area contributed by atoms with Crippen LogP contribution in [0.15, 0.2) is 41.3 Å². The highest BCUT2D eigenvalue weighted by Crippen LogP contribution is 2.34. The van der Waals surface area contributed by atoms with Gasteiger partial charge in [0.15, 0.2) is 0 Å². The minimum atomic E-state index is -0.140. The Kier molecular flexibility index (Phi) is 7.91. The molecule has 2 aromatic heterocycles. The minimum Gasteiger partial charge on any atom is -0.370 e. The number of anilines is 1. The van der Waals surface area contributed by atoms with Crippen molar-refractivity contribution in [1.82, 2.24) is 19.4 Å². The lowest BCUT2D eigenvalue weighted by Gasteiger charge is -2.32. The molecule has 1 aliphatic heterocycles. The number of hydrogen-bond donors (Lipinski definition) is 1. The van der Waals surface area contributed by atoms with E-state index in [1.54, 1.807) is 36.0 Å². The van der Waals surface area contributed by atoms with Crippen molar-refractivity contribution in [2.24, 2.45) is 7.05 Å². The third-order valence-electron chi connectivity index (χ3n) is 6.39. The molecular weight excluding hydrogens is 457 g/mol. The van der Waals surface area contributed by atoms with E-state index in [1.807, 2.05) is 12.1 Å². The predicted octanol–water partition coefficient (Wildman–Crippen LogP) is 4.74. The summed E-state index contributed by atoms with van der Waals surface area (Å²) in [7, 11) is 3.95. The lowest BCUT2D eigenvalue weighted by Crippen LogP contribution is -2.44. The number of aryl methyl sites for hydroxylation is 1. The first-order chi connectivity index (χ1) is 15.9. The molecule has 1 saturated heterocycles. The maximum atomic E-state index is 13.1. The molecule has 0 atom stereocenters.